The number of carbonyl (C=O) groups is 2. The first-order valence-electron chi connectivity index (χ1n) is 6.40. The largest absolute Gasteiger partial charge is 0.469 e. The van der Waals surface area contributed by atoms with Crippen molar-refractivity contribution in [1.29, 1.82) is 0 Å². The Hall–Kier alpha value is -1.06. The molecule has 1 aliphatic heterocycles. The second kappa shape index (κ2) is 6.62. The van der Waals surface area contributed by atoms with Crippen LogP contribution in [0.5, 0.6) is 0 Å². The molecule has 1 rings (SSSR count). The van der Waals surface area contributed by atoms with Gasteiger partial charge in [-0.3, -0.25) is 9.59 Å². The number of nitrogens with zero attached hydrogens (tertiary/aromatic N) is 1. The molecule has 1 fully saturated rings. The molecule has 0 saturated carbocycles. The number of hydrogen-bond acceptors (Lipinski definition) is 3. The molecule has 0 aliphatic carbocycles. The van der Waals surface area contributed by atoms with Gasteiger partial charge in [0.1, 0.15) is 0 Å². The highest BCUT2D eigenvalue weighted by molar-refractivity contribution is 5.77. The molecule has 1 aliphatic rings. The summed E-state index contributed by atoms with van der Waals surface area (Å²) in [6.07, 6.45) is 3.04. The summed E-state index contributed by atoms with van der Waals surface area (Å²) < 4.78 is 4.72. The van der Waals surface area contributed by atoms with Crippen molar-refractivity contribution >= 4 is 11.9 Å². The van der Waals surface area contributed by atoms with Gasteiger partial charge in [0.25, 0.3) is 0 Å². The van der Waals surface area contributed by atoms with Gasteiger partial charge in [-0.05, 0) is 25.2 Å². The number of piperidine rings is 1. The van der Waals surface area contributed by atoms with Gasteiger partial charge in [0.2, 0.25) is 5.91 Å². The summed E-state index contributed by atoms with van der Waals surface area (Å²) in [6, 6.07) is 0. The molecule has 1 heterocycles. The maximum Gasteiger partial charge on any atom is 0.308 e. The Balaban J connectivity index is 2.31. The summed E-state index contributed by atoms with van der Waals surface area (Å²) in [7, 11) is 1.42. The van der Waals surface area contributed by atoms with E-state index in [0.29, 0.717) is 25.4 Å². The summed E-state index contributed by atoms with van der Waals surface area (Å²) in [5, 5.41) is 0. The fourth-order valence-electron chi connectivity index (χ4n) is 2.10. The van der Waals surface area contributed by atoms with Gasteiger partial charge in [-0.25, -0.2) is 0 Å². The highest BCUT2D eigenvalue weighted by Crippen LogP contribution is 2.19. The summed E-state index contributed by atoms with van der Waals surface area (Å²) in [5.74, 6) is 0.627. The SMILES string of the molecule is COC(=O)C1CCN(C(=O)CCC(C)C)CC1. The first kappa shape index (κ1) is 14.0. The van der Waals surface area contributed by atoms with E-state index in [1.165, 1.54) is 7.11 Å². The van der Waals surface area contributed by atoms with E-state index < -0.39 is 0 Å². The van der Waals surface area contributed by atoms with Crippen molar-refractivity contribution in [3.05, 3.63) is 0 Å². The van der Waals surface area contributed by atoms with E-state index in [9.17, 15) is 9.59 Å². The third kappa shape index (κ3) is 4.36. The second-order valence-corrected chi connectivity index (χ2v) is 5.11. The molecule has 0 aromatic heterocycles. The third-order valence-electron chi connectivity index (χ3n) is 3.32. The number of rotatable bonds is 4. The molecule has 4 nitrogen and oxygen atoms in total. The van der Waals surface area contributed by atoms with Crippen molar-refractivity contribution < 1.29 is 14.3 Å². The maximum absolute atomic E-state index is 11.9. The van der Waals surface area contributed by atoms with Crippen LogP contribution in [-0.4, -0.2) is 37.0 Å². The minimum Gasteiger partial charge on any atom is -0.469 e. The molecule has 0 atom stereocenters. The molecular formula is C13H23NO3. The lowest BCUT2D eigenvalue weighted by molar-refractivity contribution is -0.148. The molecular weight excluding hydrogens is 218 g/mol. The molecule has 0 N–H and O–H groups in total. The van der Waals surface area contributed by atoms with E-state index in [1.54, 1.807) is 0 Å². The van der Waals surface area contributed by atoms with Crippen LogP contribution in [0, 0.1) is 11.8 Å². The standard InChI is InChI=1S/C13H23NO3/c1-10(2)4-5-12(15)14-8-6-11(7-9-14)13(16)17-3/h10-11H,4-9H2,1-3H3. The predicted octanol–water partition coefficient (Wildman–Crippen LogP) is 1.83. The van der Waals surface area contributed by atoms with Crippen LogP contribution in [0.15, 0.2) is 0 Å². The number of carbonyl (C=O) groups excluding carboxylic acids is 2. The Morgan fingerprint density at radius 2 is 1.88 bits per heavy atom. The van der Waals surface area contributed by atoms with Crippen molar-refractivity contribution in [2.45, 2.75) is 39.5 Å². The van der Waals surface area contributed by atoms with Crippen LogP contribution >= 0.6 is 0 Å². The fraction of sp³-hybridized carbons (Fsp3) is 0.846. The lowest BCUT2D eigenvalue weighted by Gasteiger charge is -2.30. The van der Waals surface area contributed by atoms with E-state index in [1.807, 2.05) is 4.90 Å². The van der Waals surface area contributed by atoms with Crippen LogP contribution in [0.25, 0.3) is 0 Å². The minimum atomic E-state index is -0.140. The van der Waals surface area contributed by atoms with Gasteiger partial charge in [0.15, 0.2) is 0 Å². The van der Waals surface area contributed by atoms with Gasteiger partial charge in [-0.2, -0.15) is 0 Å². The minimum absolute atomic E-state index is 0.0193. The quantitative estimate of drug-likeness (QED) is 0.705. The Bertz CT molecular complexity index is 268. The average Bonchev–Trinajstić information content (AvgIpc) is 2.35. The Kier molecular flexibility index (Phi) is 5.45. The topological polar surface area (TPSA) is 46.6 Å². The Labute approximate surface area is 103 Å². The lowest BCUT2D eigenvalue weighted by atomic mass is 9.96. The molecule has 0 radical (unpaired) electrons. The zero-order valence-electron chi connectivity index (χ0n) is 11.1. The number of hydrogen-bond donors (Lipinski definition) is 0. The molecule has 0 bridgehead atoms. The lowest BCUT2D eigenvalue weighted by Crippen LogP contribution is -2.40. The van der Waals surface area contributed by atoms with Crippen LogP contribution in [0.2, 0.25) is 0 Å². The van der Waals surface area contributed by atoms with Gasteiger partial charge in [-0.15, -0.1) is 0 Å². The van der Waals surface area contributed by atoms with Crippen LogP contribution in [0.3, 0.4) is 0 Å². The van der Waals surface area contributed by atoms with Gasteiger partial charge in [0.05, 0.1) is 13.0 Å². The summed E-state index contributed by atoms with van der Waals surface area (Å²) in [4.78, 5) is 25.1. The van der Waals surface area contributed by atoms with Crippen LogP contribution in [0.1, 0.15) is 39.5 Å². The number of esters is 1. The van der Waals surface area contributed by atoms with Gasteiger partial charge in [0, 0.05) is 19.5 Å². The monoisotopic (exact) mass is 241 g/mol. The molecule has 0 spiro atoms. The zero-order chi connectivity index (χ0) is 12.8. The van der Waals surface area contributed by atoms with Crippen molar-refractivity contribution in [2.75, 3.05) is 20.2 Å². The number of ether oxygens (including phenoxy) is 1. The predicted molar refractivity (Wildman–Crippen MR) is 65.4 cm³/mol. The van der Waals surface area contributed by atoms with Gasteiger partial charge in [-0.1, -0.05) is 13.8 Å². The fourth-order valence-corrected chi connectivity index (χ4v) is 2.10. The van der Waals surface area contributed by atoms with E-state index in [-0.39, 0.29) is 17.8 Å². The third-order valence-corrected chi connectivity index (χ3v) is 3.32. The van der Waals surface area contributed by atoms with Crippen LogP contribution < -0.4 is 0 Å². The maximum atomic E-state index is 11.9. The zero-order valence-corrected chi connectivity index (χ0v) is 11.1. The Morgan fingerprint density at radius 3 is 2.35 bits per heavy atom. The van der Waals surface area contributed by atoms with Crippen molar-refractivity contribution in [1.82, 2.24) is 4.90 Å². The Morgan fingerprint density at radius 1 is 1.29 bits per heavy atom. The van der Waals surface area contributed by atoms with E-state index in [2.05, 4.69) is 13.8 Å². The second-order valence-electron chi connectivity index (χ2n) is 5.11. The summed E-state index contributed by atoms with van der Waals surface area (Å²) in [6.45, 7) is 5.63. The van der Waals surface area contributed by atoms with Crippen LogP contribution in [0.4, 0.5) is 0 Å². The van der Waals surface area contributed by atoms with Crippen molar-refractivity contribution in [2.24, 2.45) is 11.8 Å². The number of methoxy groups -OCH3 is 1. The molecule has 1 saturated heterocycles. The van der Waals surface area contributed by atoms with E-state index in [4.69, 9.17) is 4.74 Å². The summed E-state index contributed by atoms with van der Waals surface area (Å²) in [5.41, 5.74) is 0. The van der Waals surface area contributed by atoms with E-state index >= 15 is 0 Å². The highest BCUT2D eigenvalue weighted by Gasteiger charge is 2.27. The highest BCUT2D eigenvalue weighted by atomic mass is 16.5. The molecule has 0 aromatic carbocycles. The summed E-state index contributed by atoms with van der Waals surface area (Å²) >= 11 is 0. The van der Waals surface area contributed by atoms with Gasteiger partial charge >= 0.3 is 5.97 Å². The van der Waals surface area contributed by atoms with Crippen LogP contribution in [-0.2, 0) is 14.3 Å². The van der Waals surface area contributed by atoms with Crippen molar-refractivity contribution in [3.63, 3.8) is 0 Å². The molecule has 98 valence electrons. The first-order valence-corrected chi connectivity index (χ1v) is 6.40. The van der Waals surface area contributed by atoms with E-state index in [0.717, 1.165) is 19.3 Å². The smallest absolute Gasteiger partial charge is 0.308 e. The number of amides is 1. The van der Waals surface area contributed by atoms with Gasteiger partial charge < -0.3 is 9.64 Å². The first-order chi connectivity index (χ1) is 8.04. The molecule has 0 aromatic rings. The molecule has 17 heavy (non-hydrogen) atoms. The molecule has 1 amide bonds. The molecule has 4 heteroatoms. The molecule has 0 unspecified atom stereocenters. The normalized spacial score (nSPS) is 17.3. The number of likely N-dealkylation sites (tertiary alicyclic amines) is 1. The average molecular weight is 241 g/mol. The van der Waals surface area contributed by atoms with Crippen molar-refractivity contribution in [3.8, 4) is 0 Å².